The van der Waals surface area contributed by atoms with Crippen molar-refractivity contribution in [3.8, 4) is 5.75 Å². The number of halogens is 3. The van der Waals surface area contributed by atoms with E-state index < -0.39 is 5.91 Å². The quantitative estimate of drug-likeness (QED) is 0.606. The SMILES string of the molecule is O=C(Nc1cc(Cl)ccc1Cl)c1cc(Cl)c2ccccc2c1O. The summed E-state index contributed by atoms with van der Waals surface area (Å²) in [5.41, 5.74) is 0.414. The lowest BCUT2D eigenvalue weighted by Gasteiger charge is -2.11. The van der Waals surface area contributed by atoms with Gasteiger partial charge in [-0.1, -0.05) is 59.1 Å². The maximum atomic E-state index is 12.5. The van der Waals surface area contributed by atoms with E-state index >= 15 is 0 Å². The van der Waals surface area contributed by atoms with Crippen LogP contribution < -0.4 is 5.32 Å². The van der Waals surface area contributed by atoms with Crippen molar-refractivity contribution >= 4 is 57.2 Å². The first kappa shape index (κ1) is 15.9. The van der Waals surface area contributed by atoms with Crippen molar-refractivity contribution in [2.24, 2.45) is 0 Å². The zero-order chi connectivity index (χ0) is 16.6. The summed E-state index contributed by atoms with van der Waals surface area (Å²) in [6.07, 6.45) is 0. The monoisotopic (exact) mass is 365 g/mol. The first-order valence-corrected chi connectivity index (χ1v) is 7.77. The average molecular weight is 367 g/mol. The Hall–Kier alpha value is -1.94. The second-order valence-electron chi connectivity index (χ2n) is 4.88. The van der Waals surface area contributed by atoms with E-state index in [0.29, 0.717) is 31.5 Å². The highest BCUT2D eigenvalue weighted by Gasteiger charge is 2.17. The number of benzene rings is 3. The number of nitrogens with one attached hydrogen (secondary N) is 1. The van der Waals surface area contributed by atoms with Gasteiger partial charge in [0, 0.05) is 20.8 Å². The van der Waals surface area contributed by atoms with E-state index in [2.05, 4.69) is 5.32 Å². The molecule has 0 aliphatic carbocycles. The molecular weight excluding hydrogens is 357 g/mol. The Morgan fingerprint density at radius 1 is 0.913 bits per heavy atom. The van der Waals surface area contributed by atoms with Crippen LogP contribution >= 0.6 is 34.8 Å². The third-order valence-corrected chi connectivity index (χ3v) is 4.26. The van der Waals surface area contributed by atoms with E-state index in [1.54, 1.807) is 36.4 Å². The van der Waals surface area contributed by atoms with Crippen LogP contribution in [0.1, 0.15) is 10.4 Å². The summed E-state index contributed by atoms with van der Waals surface area (Å²) in [5.74, 6) is -0.667. The molecule has 116 valence electrons. The van der Waals surface area contributed by atoms with Gasteiger partial charge < -0.3 is 10.4 Å². The Labute approximate surface area is 147 Å². The molecule has 0 aromatic heterocycles. The van der Waals surface area contributed by atoms with Crippen LogP contribution in [0.15, 0.2) is 48.5 Å². The number of amides is 1. The third-order valence-electron chi connectivity index (χ3n) is 3.39. The smallest absolute Gasteiger partial charge is 0.259 e. The standard InChI is InChI=1S/C17H10Cl3NO2/c18-9-5-6-13(19)15(7-9)21-17(23)12-8-14(20)10-3-1-2-4-11(10)16(12)22/h1-8,22H,(H,21,23). The summed E-state index contributed by atoms with van der Waals surface area (Å²) in [6.45, 7) is 0. The minimum atomic E-state index is -0.528. The topological polar surface area (TPSA) is 49.3 Å². The molecule has 0 saturated carbocycles. The lowest BCUT2D eigenvalue weighted by atomic mass is 10.0. The van der Waals surface area contributed by atoms with Gasteiger partial charge in [0.05, 0.1) is 16.3 Å². The second kappa shape index (κ2) is 6.28. The zero-order valence-electron chi connectivity index (χ0n) is 11.6. The average Bonchev–Trinajstić information content (AvgIpc) is 2.54. The minimum absolute atomic E-state index is 0.0599. The fourth-order valence-electron chi connectivity index (χ4n) is 2.27. The van der Waals surface area contributed by atoms with Crippen LogP contribution in [-0.2, 0) is 0 Å². The molecule has 3 rings (SSSR count). The van der Waals surface area contributed by atoms with Gasteiger partial charge in [0.15, 0.2) is 0 Å². The van der Waals surface area contributed by atoms with Crippen LogP contribution in [0.5, 0.6) is 5.75 Å². The number of carbonyl (C=O) groups excluding carboxylic acids is 1. The molecule has 0 spiro atoms. The van der Waals surface area contributed by atoms with E-state index in [9.17, 15) is 9.90 Å². The maximum Gasteiger partial charge on any atom is 0.259 e. The molecule has 3 nitrogen and oxygen atoms in total. The van der Waals surface area contributed by atoms with Crippen molar-refractivity contribution in [2.45, 2.75) is 0 Å². The second-order valence-corrected chi connectivity index (χ2v) is 6.13. The molecule has 0 unspecified atom stereocenters. The molecule has 0 atom stereocenters. The Kier molecular flexibility index (Phi) is 4.35. The number of phenols is 1. The Balaban J connectivity index is 2.04. The van der Waals surface area contributed by atoms with E-state index in [1.165, 1.54) is 12.1 Å². The van der Waals surface area contributed by atoms with Crippen LogP contribution in [0.2, 0.25) is 15.1 Å². The van der Waals surface area contributed by atoms with Crippen molar-refractivity contribution in [3.63, 3.8) is 0 Å². The van der Waals surface area contributed by atoms with Crippen molar-refractivity contribution in [2.75, 3.05) is 5.32 Å². The number of phenolic OH excluding ortho intramolecular Hbond substituents is 1. The fourth-order valence-corrected chi connectivity index (χ4v) is 2.88. The highest BCUT2D eigenvalue weighted by molar-refractivity contribution is 6.37. The van der Waals surface area contributed by atoms with E-state index in [4.69, 9.17) is 34.8 Å². The number of rotatable bonds is 2. The van der Waals surface area contributed by atoms with Gasteiger partial charge in [0.2, 0.25) is 0 Å². The molecule has 0 bridgehead atoms. The van der Waals surface area contributed by atoms with Crippen LogP contribution in [0.3, 0.4) is 0 Å². The summed E-state index contributed by atoms with van der Waals surface area (Å²) in [7, 11) is 0. The highest BCUT2D eigenvalue weighted by Crippen LogP contribution is 2.35. The van der Waals surface area contributed by atoms with Gasteiger partial charge in [0.1, 0.15) is 5.75 Å². The van der Waals surface area contributed by atoms with Crippen molar-refractivity contribution in [1.29, 1.82) is 0 Å². The lowest BCUT2D eigenvalue weighted by molar-refractivity contribution is 0.102. The molecule has 0 heterocycles. The first-order valence-electron chi connectivity index (χ1n) is 6.64. The van der Waals surface area contributed by atoms with Crippen LogP contribution in [-0.4, -0.2) is 11.0 Å². The van der Waals surface area contributed by atoms with Gasteiger partial charge in [-0.05, 0) is 24.3 Å². The van der Waals surface area contributed by atoms with Gasteiger partial charge in [-0.25, -0.2) is 0 Å². The lowest BCUT2D eigenvalue weighted by Crippen LogP contribution is -2.12. The number of aromatic hydroxyl groups is 1. The van der Waals surface area contributed by atoms with Gasteiger partial charge in [-0.3, -0.25) is 4.79 Å². The summed E-state index contributed by atoms with van der Waals surface area (Å²) >= 11 is 18.1. The van der Waals surface area contributed by atoms with E-state index in [-0.39, 0.29) is 11.3 Å². The number of fused-ring (bicyclic) bond motifs is 1. The molecule has 0 aliphatic rings. The van der Waals surface area contributed by atoms with E-state index in [0.717, 1.165) is 0 Å². The highest BCUT2D eigenvalue weighted by atomic mass is 35.5. The third kappa shape index (κ3) is 3.08. The number of anilines is 1. The van der Waals surface area contributed by atoms with E-state index in [1.807, 2.05) is 0 Å². The van der Waals surface area contributed by atoms with Gasteiger partial charge in [-0.2, -0.15) is 0 Å². The van der Waals surface area contributed by atoms with Crippen LogP contribution in [0.4, 0.5) is 5.69 Å². The van der Waals surface area contributed by atoms with Gasteiger partial charge >= 0.3 is 0 Å². The largest absolute Gasteiger partial charge is 0.506 e. The first-order chi connectivity index (χ1) is 11.0. The molecule has 0 radical (unpaired) electrons. The molecular formula is C17H10Cl3NO2. The minimum Gasteiger partial charge on any atom is -0.506 e. The maximum absolute atomic E-state index is 12.5. The zero-order valence-corrected chi connectivity index (χ0v) is 13.9. The molecule has 3 aromatic rings. The Morgan fingerprint density at radius 3 is 2.35 bits per heavy atom. The Morgan fingerprint density at radius 2 is 1.61 bits per heavy atom. The molecule has 0 fully saturated rings. The predicted octanol–water partition coefficient (Wildman–Crippen LogP) is 5.76. The number of carbonyl (C=O) groups is 1. The fraction of sp³-hybridized carbons (Fsp3) is 0. The Bertz CT molecular complexity index is 925. The van der Waals surface area contributed by atoms with Gasteiger partial charge in [-0.15, -0.1) is 0 Å². The molecule has 6 heteroatoms. The van der Waals surface area contributed by atoms with Gasteiger partial charge in [0.25, 0.3) is 5.91 Å². The normalized spacial score (nSPS) is 10.7. The number of hydrogen-bond donors (Lipinski definition) is 2. The summed E-state index contributed by atoms with van der Waals surface area (Å²) in [5, 5.41) is 15.3. The number of hydrogen-bond acceptors (Lipinski definition) is 2. The molecule has 2 N–H and O–H groups in total. The molecule has 1 amide bonds. The van der Waals surface area contributed by atoms with Crippen molar-refractivity contribution < 1.29 is 9.90 Å². The van der Waals surface area contributed by atoms with Crippen LogP contribution in [0, 0.1) is 0 Å². The van der Waals surface area contributed by atoms with Crippen molar-refractivity contribution in [3.05, 3.63) is 69.2 Å². The molecule has 3 aromatic carbocycles. The summed E-state index contributed by atoms with van der Waals surface area (Å²) in [4.78, 5) is 12.5. The summed E-state index contributed by atoms with van der Waals surface area (Å²) < 4.78 is 0. The molecule has 0 aliphatic heterocycles. The summed E-state index contributed by atoms with van der Waals surface area (Å²) in [6, 6.07) is 13.2. The van der Waals surface area contributed by atoms with Crippen molar-refractivity contribution in [1.82, 2.24) is 0 Å². The van der Waals surface area contributed by atoms with Crippen LogP contribution in [0.25, 0.3) is 10.8 Å². The predicted molar refractivity (Wildman–Crippen MR) is 95.0 cm³/mol. The molecule has 23 heavy (non-hydrogen) atoms. The molecule has 0 saturated heterocycles.